The zero-order valence-corrected chi connectivity index (χ0v) is 20.3. The number of nitrogens with one attached hydrogen (secondary N) is 2. The van der Waals surface area contributed by atoms with Crippen LogP contribution in [-0.2, 0) is 32.1 Å². The molecule has 1 unspecified atom stereocenters. The second-order valence-electron chi connectivity index (χ2n) is 7.50. The summed E-state index contributed by atoms with van der Waals surface area (Å²) in [4.78, 5) is 4.28. The van der Waals surface area contributed by atoms with Crippen molar-refractivity contribution in [1.29, 1.82) is 0 Å². The maximum Gasteiger partial charge on any atom is 0.191 e. The second-order valence-corrected chi connectivity index (χ2v) is 7.50. The van der Waals surface area contributed by atoms with Crippen molar-refractivity contribution in [3.8, 4) is 0 Å². The second kappa shape index (κ2) is 15.0. The molecule has 1 atom stereocenters. The van der Waals surface area contributed by atoms with Gasteiger partial charge in [0, 0.05) is 46.6 Å². The first-order chi connectivity index (χ1) is 14.3. The first kappa shape index (κ1) is 25.3. The molecule has 1 aromatic rings. The molecule has 0 amide bonds. The Kier molecular flexibility index (Phi) is 12.6. The smallest absolute Gasteiger partial charge is 0.191 e. The number of aliphatic imine (C=N–C) groups is 1. The van der Waals surface area contributed by atoms with Crippen LogP contribution in [0.3, 0.4) is 0 Å². The summed E-state index contributed by atoms with van der Waals surface area (Å²) >= 11 is 0. The molecule has 3 rings (SSSR count). The fraction of sp³-hybridized carbons (Fsp3) is 0.682. The van der Waals surface area contributed by atoms with Gasteiger partial charge in [-0.05, 0) is 36.8 Å². The molecule has 2 aliphatic rings. The molecular weight excluding hydrogens is 497 g/mol. The molecule has 2 aliphatic heterocycles. The Hall–Kier alpha value is -0.940. The Bertz CT molecular complexity index is 603. The lowest BCUT2D eigenvalue weighted by Gasteiger charge is -2.22. The molecule has 2 fully saturated rings. The van der Waals surface area contributed by atoms with Gasteiger partial charge in [-0.3, -0.25) is 4.99 Å². The molecule has 0 radical (unpaired) electrons. The number of hydrogen-bond donors (Lipinski definition) is 2. The topological polar surface area (TPSA) is 73.3 Å². The fourth-order valence-corrected chi connectivity index (χ4v) is 3.39. The first-order valence-electron chi connectivity index (χ1n) is 10.7. The maximum atomic E-state index is 5.98. The summed E-state index contributed by atoms with van der Waals surface area (Å²) < 4.78 is 22.4. The lowest BCUT2D eigenvalue weighted by atomic mass is 10.1. The number of halogens is 1. The monoisotopic (exact) mass is 533 g/mol. The van der Waals surface area contributed by atoms with Crippen LogP contribution in [0.5, 0.6) is 0 Å². The molecule has 170 valence electrons. The van der Waals surface area contributed by atoms with Crippen LogP contribution < -0.4 is 10.6 Å². The third-order valence-electron chi connectivity index (χ3n) is 5.22. The minimum Gasteiger partial charge on any atom is -0.381 e. The molecule has 0 aromatic heterocycles. The van der Waals surface area contributed by atoms with Crippen molar-refractivity contribution in [3.63, 3.8) is 0 Å². The van der Waals surface area contributed by atoms with E-state index in [9.17, 15) is 0 Å². The summed E-state index contributed by atoms with van der Waals surface area (Å²) in [6, 6.07) is 8.55. The average Bonchev–Trinajstić information content (AvgIpc) is 3.29. The molecule has 30 heavy (non-hydrogen) atoms. The lowest BCUT2D eigenvalue weighted by Crippen LogP contribution is -2.37. The van der Waals surface area contributed by atoms with E-state index in [4.69, 9.17) is 18.9 Å². The van der Waals surface area contributed by atoms with Gasteiger partial charge in [-0.1, -0.05) is 24.3 Å². The number of ether oxygens (including phenoxy) is 4. The van der Waals surface area contributed by atoms with Gasteiger partial charge in [0.25, 0.3) is 0 Å². The highest BCUT2D eigenvalue weighted by atomic mass is 127. The average molecular weight is 533 g/mol. The number of hydrogen-bond acceptors (Lipinski definition) is 5. The summed E-state index contributed by atoms with van der Waals surface area (Å²) in [7, 11) is 1.79. The van der Waals surface area contributed by atoms with Crippen LogP contribution in [0.15, 0.2) is 29.3 Å². The molecule has 7 nitrogen and oxygen atoms in total. The van der Waals surface area contributed by atoms with Gasteiger partial charge in [0.2, 0.25) is 0 Å². The highest BCUT2D eigenvalue weighted by Gasteiger charge is 2.15. The van der Waals surface area contributed by atoms with Gasteiger partial charge in [-0.25, -0.2) is 0 Å². The van der Waals surface area contributed by atoms with Crippen molar-refractivity contribution >= 4 is 29.9 Å². The van der Waals surface area contributed by atoms with E-state index >= 15 is 0 Å². The molecule has 0 aliphatic carbocycles. The van der Waals surface area contributed by atoms with Crippen LogP contribution in [0.4, 0.5) is 0 Å². The number of guanidine groups is 1. The lowest BCUT2D eigenvalue weighted by molar-refractivity contribution is -0.0390. The van der Waals surface area contributed by atoms with Gasteiger partial charge in [0.1, 0.15) is 0 Å². The zero-order chi connectivity index (χ0) is 20.2. The molecule has 2 N–H and O–H groups in total. The SMILES string of the molecule is CN=C(NCCCOC1CCOC1)NCc1ccc(COC2CCOCC2)cc1.I. The summed E-state index contributed by atoms with van der Waals surface area (Å²) in [6.45, 7) is 6.15. The summed E-state index contributed by atoms with van der Waals surface area (Å²) in [5.74, 6) is 0.807. The van der Waals surface area contributed by atoms with Gasteiger partial charge in [-0.15, -0.1) is 24.0 Å². The maximum absolute atomic E-state index is 5.98. The molecule has 0 bridgehead atoms. The Balaban J connectivity index is 0.00000320. The van der Waals surface area contributed by atoms with Gasteiger partial charge in [0.05, 0.1) is 25.4 Å². The number of nitrogens with zero attached hydrogens (tertiary/aromatic N) is 1. The number of benzene rings is 1. The van der Waals surface area contributed by atoms with Gasteiger partial charge in [0.15, 0.2) is 5.96 Å². The molecule has 2 heterocycles. The largest absolute Gasteiger partial charge is 0.381 e. The molecule has 1 aromatic carbocycles. The summed E-state index contributed by atoms with van der Waals surface area (Å²) in [6.07, 6.45) is 4.55. The third-order valence-corrected chi connectivity index (χ3v) is 5.22. The van der Waals surface area contributed by atoms with Gasteiger partial charge in [-0.2, -0.15) is 0 Å². The normalized spacial score (nSPS) is 20.0. The minimum absolute atomic E-state index is 0. The fourth-order valence-electron chi connectivity index (χ4n) is 3.39. The summed E-state index contributed by atoms with van der Waals surface area (Å²) in [5.41, 5.74) is 2.42. The van der Waals surface area contributed by atoms with Gasteiger partial charge >= 0.3 is 0 Å². The van der Waals surface area contributed by atoms with E-state index in [0.717, 1.165) is 77.8 Å². The molecule has 2 saturated heterocycles. The zero-order valence-electron chi connectivity index (χ0n) is 17.9. The van der Waals surface area contributed by atoms with Crippen LogP contribution in [0.25, 0.3) is 0 Å². The van der Waals surface area contributed by atoms with E-state index in [-0.39, 0.29) is 30.1 Å². The predicted molar refractivity (Wildman–Crippen MR) is 128 cm³/mol. The van der Waals surface area contributed by atoms with Crippen molar-refractivity contribution in [2.45, 2.75) is 51.0 Å². The first-order valence-corrected chi connectivity index (χ1v) is 10.7. The van der Waals surface area contributed by atoms with E-state index in [1.54, 1.807) is 7.05 Å². The van der Waals surface area contributed by atoms with Crippen molar-refractivity contribution in [2.75, 3.05) is 46.6 Å². The Morgan fingerprint density at radius 3 is 2.37 bits per heavy atom. The van der Waals surface area contributed by atoms with Gasteiger partial charge < -0.3 is 29.6 Å². The van der Waals surface area contributed by atoms with Crippen molar-refractivity contribution in [1.82, 2.24) is 10.6 Å². The van der Waals surface area contributed by atoms with Crippen LogP contribution in [0, 0.1) is 0 Å². The molecular formula is C22H36IN3O4. The highest BCUT2D eigenvalue weighted by Crippen LogP contribution is 2.14. The van der Waals surface area contributed by atoms with Crippen LogP contribution >= 0.6 is 24.0 Å². The highest BCUT2D eigenvalue weighted by molar-refractivity contribution is 14.0. The quantitative estimate of drug-likeness (QED) is 0.209. The molecule has 8 heteroatoms. The standard InChI is InChI=1S/C22H35N3O4.HI/c1-23-22(24-10-2-11-28-21-9-14-27-17-21)25-15-18-3-5-19(6-4-18)16-29-20-7-12-26-13-8-20;/h3-6,20-21H,2,7-17H2,1H3,(H2,23,24,25);1H. The summed E-state index contributed by atoms with van der Waals surface area (Å²) in [5, 5.41) is 6.68. The minimum atomic E-state index is 0. The molecule has 0 spiro atoms. The Labute approximate surface area is 197 Å². The van der Waals surface area contributed by atoms with Crippen LogP contribution in [-0.4, -0.2) is 64.8 Å². The van der Waals surface area contributed by atoms with Crippen molar-refractivity contribution in [2.24, 2.45) is 4.99 Å². The predicted octanol–water partition coefficient (Wildman–Crippen LogP) is 2.86. The van der Waals surface area contributed by atoms with Crippen LogP contribution in [0.2, 0.25) is 0 Å². The third kappa shape index (κ3) is 9.47. The van der Waals surface area contributed by atoms with E-state index in [1.807, 2.05) is 0 Å². The Morgan fingerprint density at radius 1 is 0.967 bits per heavy atom. The van der Waals surface area contributed by atoms with Crippen molar-refractivity contribution in [3.05, 3.63) is 35.4 Å². The van der Waals surface area contributed by atoms with Crippen molar-refractivity contribution < 1.29 is 18.9 Å². The van der Waals surface area contributed by atoms with Crippen LogP contribution in [0.1, 0.15) is 36.8 Å². The van der Waals surface area contributed by atoms with E-state index in [1.165, 1.54) is 11.1 Å². The van der Waals surface area contributed by atoms with E-state index < -0.39 is 0 Å². The van der Waals surface area contributed by atoms with E-state index in [0.29, 0.717) is 12.7 Å². The number of rotatable bonds is 10. The van der Waals surface area contributed by atoms with E-state index in [2.05, 4.69) is 39.9 Å². The molecule has 0 saturated carbocycles. The Morgan fingerprint density at radius 2 is 1.67 bits per heavy atom.